The molecule has 0 spiro atoms. The molecule has 12 rings (SSSR count). The van der Waals surface area contributed by atoms with E-state index in [0.717, 1.165) is 0 Å². The highest BCUT2D eigenvalue weighted by Crippen LogP contribution is 2.55. The number of rotatable bonds is 1. The fourth-order valence-corrected chi connectivity index (χ4v) is 12.9. The summed E-state index contributed by atoms with van der Waals surface area (Å²) in [5, 5.41) is 12.1. The fourth-order valence-electron chi connectivity index (χ4n) is 11.6. The maximum absolute atomic E-state index is 2.79. The monoisotopic (exact) mass is 878 g/mol. The third-order valence-electron chi connectivity index (χ3n) is 15.4. The van der Waals surface area contributed by atoms with Crippen LogP contribution < -0.4 is 15.1 Å². The van der Waals surface area contributed by atoms with E-state index in [1.54, 1.807) is 0 Å². The second-order valence-electron chi connectivity index (χ2n) is 25.1. The van der Waals surface area contributed by atoms with E-state index in [4.69, 9.17) is 0 Å². The van der Waals surface area contributed by atoms with E-state index in [2.05, 4.69) is 222 Å². The van der Waals surface area contributed by atoms with Crippen molar-refractivity contribution < 1.29 is 0 Å². The van der Waals surface area contributed by atoms with Crippen molar-refractivity contribution in [3.8, 4) is 11.1 Å². The van der Waals surface area contributed by atoms with Crippen molar-refractivity contribution >= 4 is 110 Å². The summed E-state index contributed by atoms with van der Waals surface area (Å²) in [6.07, 6.45) is 0. The highest BCUT2D eigenvalue weighted by Gasteiger charge is 2.47. The summed E-state index contributed by atoms with van der Waals surface area (Å²) < 4.78 is 5.54. The number of thiophene rings is 1. The highest BCUT2D eigenvalue weighted by molar-refractivity contribution is 7.32. The van der Waals surface area contributed by atoms with Gasteiger partial charge < -0.3 is 9.38 Å². The van der Waals surface area contributed by atoms with E-state index in [1.807, 2.05) is 11.3 Å². The molecule has 0 aliphatic carbocycles. The Balaban J connectivity index is 1.34. The molecule has 2 aliphatic heterocycles. The minimum atomic E-state index is -0.0605. The molecule has 0 saturated heterocycles. The largest absolute Gasteiger partial charge is 0.375 e. The summed E-state index contributed by atoms with van der Waals surface area (Å²) in [5.74, 6) is 0. The number of hydrogen-bond acceptors (Lipinski definition) is 2. The molecule has 0 fully saturated rings. The minimum Gasteiger partial charge on any atom is -0.375 e. The fraction of sp³-hybridized carbons (Fsp3) is 0.323. The van der Waals surface area contributed by atoms with Gasteiger partial charge in [0.05, 0.1) is 11.4 Å². The topological polar surface area (TPSA) is 8.17 Å². The summed E-state index contributed by atoms with van der Waals surface area (Å²) in [5.41, 5.74) is 17.6. The predicted octanol–water partition coefficient (Wildman–Crippen LogP) is 16.8. The van der Waals surface area contributed by atoms with Gasteiger partial charge in [-0.25, -0.2) is 0 Å². The molecule has 66 heavy (non-hydrogen) atoms. The van der Waals surface area contributed by atoms with Crippen LogP contribution in [0.5, 0.6) is 0 Å². The minimum absolute atomic E-state index is 0.00377. The van der Waals surface area contributed by atoms with Crippen LogP contribution in [0, 0.1) is 0 Å². The predicted molar refractivity (Wildman–Crippen MR) is 293 cm³/mol. The lowest BCUT2D eigenvalue weighted by Crippen LogP contribution is -2.55. The first-order valence-corrected chi connectivity index (χ1v) is 25.1. The van der Waals surface area contributed by atoms with Crippen LogP contribution in [0.3, 0.4) is 0 Å². The molecule has 330 valence electrons. The van der Waals surface area contributed by atoms with Gasteiger partial charge in [0, 0.05) is 58.7 Å². The zero-order valence-corrected chi connectivity index (χ0v) is 42.6. The molecule has 0 unspecified atom stereocenters. The quantitative estimate of drug-likeness (QED) is 0.118. The van der Waals surface area contributed by atoms with Crippen molar-refractivity contribution in [2.24, 2.45) is 0 Å². The summed E-state index contributed by atoms with van der Waals surface area (Å²) in [6.45, 7) is 35.2. The van der Waals surface area contributed by atoms with E-state index >= 15 is 0 Å². The molecule has 4 heteroatoms. The summed E-state index contributed by atoms with van der Waals surface area (Å²) in [4.78, 5) is 2.72. The number of nitrogens with zero attached hydrogens (tertiary/aromatic N) is 2. The van der Waals surface area contributed by atoms with Gasteiger partial charge >= 0.3 is 6.85 Å². The highest BCUT2D eigenvalue weighted by atomic mass is 32.1. The van der Waals surface area contributed by atoms with Gasteiger partial charge in [-0.3, -0.25) is 0 Å². The zero-order valence-electron chi connectivity index (χ0n) is 41.8. The summed E-state index contributed by atoms with van der Waals surface area (Å²) in [7, 11) is 0. The molecule has 8 aromatic carbocycles. The van der Waals surface area contributed by atoms with Gasteiger partial charge in [0.15, 0.2) is 0 Å². The van der Waals surface area contributed by atoms with Crippen LogP contribution >= 0.6 is 11.3 Å². The van der Waals surface area contributed by atoms with E-state index in [-0.39, 0.29) is 33.9 Å². The first-order valence-electron chi connectivity index (χ1n) is 24.3. The van der Waals surface area contributed by atoms with Crippen molar-refractivity contribution in [3.63, 3.8) is 0 Å². The molecule has 0 amide bonds. The number of fused-ring (bicyclic) bond motifs is 11. The molecule has 0 bridgehead atoms. The van der Waals surface area contributed by atoms with Crippen molar-refractivity contribution in [3.05, 3.63) is 137 Å². The van der Waals surface area contributed by atoms with Crippen LogP contribution in [0.2, 0.25) is 0 Å². The molecule has 10 aromatic rings. The van der Waals surface area contributed by atoms with E-state index in [9.17, 15) is 0 Å². The first kappa shape index (κ1) is 41.8. The number of aromatic nitrogens is 1. The zero-order chi connectivity index (χ0) is 46.5. The van der Waals surface area contributed by atoms with Crippen molar-refractivity contribution in [1.82, 2.24) is 4.48 Å². The van der Waals surface area contributed by atoms with Crippen molar-refractivity contribution in [2.75, 3.05) is 4.90 Å². The van der Waals surface area contributed by atoms with Crippen LogP contribution in [-0.4, -0.2) is 11.3 Å². The summed E-state index contributed by atoms with van der Waals surface area (Å²) >= 11 is 2.01. The van der Waals surface area contributed by atoms with Crippen LogP contribution in [-0.2, 0) is 27.1 Å². The maximum atomic E-state index is 2.79. The third-order valence-corrected chi connectivity index (χ3v) is 16.6. The van der Waals surface area contributed by atoms with Gasteiger partial charge in [-0.2, -0.15) is 0 Å². The molecule has 0 N–H and O–H groups in total. The third kappa shape index (κ3) is 5.79. The lowest BCUT2D eigenvalue weighted by Gasteiger charge is -2.41. The number of anilines is 3. The van der Waals surface area contributed by atoms with Gasteiger partial charge in [-0.1, -0.05) is 165 Å². The van der Waals surface area contributed by atoms with Gasteiger partial charge in [-0.05, 0) is 136 Å². The molecule has 0 saturated carbocycles. The Bertz CT molecular complexity index is 3690. The Kier molecular flexibility index (Phi) is 8.30. The average molecular weight is 879 g/mol. The Hall–Kier alpha value is -5.58. The molecular formula is C62H63BN2S. The number of hydrogen-bond donors (Lipinski definition) is 0. The van der Waals surface area contributed by atoms with E-state index < -0.39 is 0 Å². The van der Waals surface area contributed by atoms with Crippen molar-refractivity contribution in [1.29, 1.82) is 0 Å². The van der Waals surface area contributed by atoms with Crippen LogP contribution in [0.1, 0.15) is 132 Å². The van der Waals surface area contributed by atoms with Gasteiger partial charge in [0.2, 0.25) is 0 Å². The Labute approximate surface area is 396 Å². The van der Waals surface area contributed by atoms with Gasteiger partial charge in [0.1, 0.15) is 0 Å². The Morgan fingerprint density at radius 3 is 1.56 bits per heavy atom. The first-order chi connectivity index (χ1) is 30.9. The molecular weight excluding hydrogens is 816 g/mol. The Morgan fingerprint density at radius 1 is 0.424 bits per heavy atom. The lowest BCUT2D eigenvalue weighted by molar-refractivity contribution is 0.590. The summed E-state index contributed by atoms with van der Waals surface area (Å²) in [6, 6.07) is 44.2. The molecule has 4 heterocycles. The molecule has 2 aromatic heterocycles. The second-order valence-corrected chi connectivity index (χ2v) is 26.2. The molecule has 0 atom stereocenters. The smallest absolute Gasteiger partial charge is 0.343 e. The van der Waals surface area contributed by atoms with Crippen molar-refractivity contribution in [2.45, 2.75) is 131 Å². The van der Waals surface area contributed by atoms with E-state index in [0.29, 0.717) is 0 Å². The molecule has 2 aliphatic rings. The van der Waals surface area contributed by atoms with E-state index in [1.165, 1.54) is 130 Å². The van der Waals surface area contributed by atoms with Gasteiger partial charge in [-0.15, -0.1) is 11.3 Å². The normalized spacial score (nSPS) is 14.5. The van der Waals surface area contributed by atoms with Gasteiger partial charge in [0.25, 0.3) is 0 Å². The molecule has 0 radical (unpaired) electrons. The van der Waals surface area contributed by atoms with Crippen LogP contribution in [0.4, 0.5) is 17.1 Å². The average Bonchev–Trinajstić information content (AvgIpc) is 3.78. The maximum Gasteiger partial charge on any atom is 0.343 e. The lowest BCUT2D eigenvalue weighted by atomic mass is 9.47. The van der Waals surface area contributed by atoms with Crippen LogP contribution in [0.25, 0.3) is 75.3 Å². The van der Waals surface area contributed by atoms with Crippen LogP contribution in [0.15, 0.2) is 109 Å². The Morgan fingerprint density at radius 2 is 0.955 bits per heavy atom. The standard InChI is InChI=1S/C62H63BN2S/c1-58(2,3)36-18-22-41(23-19-36)64-55-43-25-17-35-29-39(61(10,11)12)28-34-16-24-42(51(43)50(34)35)52-47-33-40(62(13,14)15)32-45-44-30-37(59(4,5)6)20-26-48(44)65(54(45)47)63(53(52)55)57-56(64)46-31-38(60(7,8)9)21-27-49(46)66-57/h16-33H,1-15H3. The second kappa shape index (κ2) is 13.1. The number of benzene rings is 8. The molecule has 2 nitrogen and oxygen atoms in total. The SMILES string of the molecule is CC(C)(C)c1ccc(N2c3c(sc4ccc(C(C)(C)C)cc34)B3c4c(c5ccc6cc(C(C)(C)C)cc7ccc(c42)c5c67)-c2cc(C(C)(C)C)cc4c5cc(C(C)(C)C)ccc5n3c24)cc1.